The van der Waals surface area contributed by atoms with Crippen molar-refractivity contribution >= 4 is 11.5 Å². The largest absolute Gasteiger partial charge is 0.397 e. The summed E-state index contributed by atoms with van der Waals surface area (Å²) < 4.78 is 0. The maximum Gasteiger partial charge on any atom is 0.126 e. The summed E-state index contributed by atoms with van der Waals surface area (Å²) in [6.45, 7) is 7.15. The predicted molar refractivity (Wildman–Crippen MR) is 81.5 cm³/mol. The Morgan fingerprint density at radius 3 is 2.63 bits per heavy atom. The third kappa shape index (κ3) is 3.47. The molecule has 1 aromatic carbocycles. The van der Waals surface area contributed by atoms with E-state index in [0.29, 0.717) is 0 Å². The highest BCUT2D eigenvalue weighted by molar-refractivity contribution is 5.50. The van der Waals surface area contributed by atoms with Crippen molar-refractivity contribution in [3.8, 4) is 0 Å². The molecule has 3 nitrogen and oxygen atoms in total. The van der Waals surface area contributed by atoms with Gasteiger partial charge < -0.3 is 11.1 Å². The molecule has 1 aromatic heterocycles. The van der Waals surface area contributed by atoms with Crippen LogP contribution in [0.5, 0.6) is 0 Å². The Labute approximate surface area is 114 Å². The number of nitrogen functional groups attached to an aromatic ring is 1. The molecule has 2 aromatic rings. The molecule has 0 bridgehead atoms. The van der Waals surface area contributed by atoms with Gasteiger partial charge in [-0.05, 0) is 49.9 Å². The lowest BCUT2D eigenvalue weighted by Crippen LogP contribution is -2.08. The van der Waals surface area contributed by atoms with Crippen LogP contribution in [-0.4, -0.2) is 11.5 Å². The molecular formula is C16H21N3. The number of aryl methyl sites for hydroxylation is 3. The van der Waals surface area contributed by atoms with Gasteiger partial charge in [0.25, 0.3) is 0 Å². The van der Waals surface area contributed by atoms with Crippen LogP contribution in [0.25, 0.3) is 0 Å². The summed E-state index contributed by atoms with van der Waals surface area (Å²) in [4.78, 5) is 4.27. The predicted octanol–water partition coefficient (Wildman–Crippen LogP) is 3.24. The summed E-state index contributed by atoms with van der Waals surface area (Å²) in [6, 6.07) is 8.56. The number of anilines is 2. The monoisotopic (exact) mass is 255 g/mol. The first kappa shape index (κ1) is 13.4. The zero-order valence-corrected chi connectivity index (χ0v) is 11.8. The number of benzene rings is 1. The zero-order valence-electron chi connectivity index (χ0n) is 11.8. The molecule has 0 aliphatic heterocycles. The highest BCUT2D eigenvalue weighted by Crippen LogP contribution is 2.14. The minimum absolute atomic E-state index is 0.736. The Hall–Kier alpha value is -2.03. The lowest BCUT2D eigenvalue weighted by Gasteiger charge is -2.10. The van der Waals surface area contributed by atoms with E-state index < -0.39 is 0 Å². The van der Waals surface area contributed by atoms with Crippen LogP contribution in [0.1, 0.15) is 22.3 Å². The van der Waals surface area contributed by atoms with Crippen LogP contribution in [0, 0.1) is 20.8 Å². The first-order valence-corrected chi connectivity index (χ1v) is 6.58. The Bertz CT molecular complexity index is 576. The van der Waals surface area contributed by atoms with Gasteiger partial charge in [0.2, 0.25) is 0 Å². The molecule has 0 aliphatic rings. The molecule has 2 rings (SSSR count). The molecule has 0 saturated heterocycles. The maximum atomic E-state index is 5.75. The van der Waals surface area contributed by atoms with Gasteiger partial charge >= 0.3 is 0 Å². The van der Waals surface area contributed by atoms with E-state index in [1.54, 1.807) is 6.20 Å². The average Bonchev–Trinajstić information content (AvgIpc) is 2.38. The molecule has 0 saturated carbocycles. The molecule has 0 unspecified atom stereocenters. The summed E-state index contributed by atoms with van der Waals surface area (Å²) in [7, 11) is 0. The number of aromatic nitrogens is 1. The molecule has 0 amide bonds. The summed E-state index contributed by atoms with van der Waals surface area (Å²) in [5.74, 6) is 0.886. The second-order valence-electron chi connectivity index (χ2n) is 5.03. The highest BCUT2D eigenvalue weighted by Gasteiger charge is 2.01. The van der Waals surface area contributed by atoms with Crippen molar-refractivity contribution in [1.82, 2.24) is 4.98 Å². The Morgan fingerprint density at radius 2 is 1.89 bits per heavy atom. The molecule has 0 fully saturated rings. The van der Waals surface area contributed by atoms with E-state index in [4.69, 9.17) is 5.73 Å². The molecule has 0 spiro atoms. The standard InChI is InChI=1S/C16H21N3/c1-11-4-5-12(2)14(8-11)6-7-18-16-9-13(3)15(17)10-19-16/h4-5,8-10H,6-7,17H2,1-3H3,(H,18,19). The topological polar surface area (TPSA) is 50.9 Å². The molecule has 3 heteroatoms. The minimum atomic E-state index is 0.736. The van der Waals surface area contributed by atoms with Crippen molar-refractivity contribution in [3.63, 3.8) is 0 Å². The first-order valence-electron chi connectivity index (χ1n) is 6.58. The van der Waals surface area contributed by atoms with E-state index in [1.807, 2.05) is 13.0 Å². The van der Waals surface area contributed by atoms with Crippen molar-refractivity contribution in [2.45, 2.75) is 27.2 Å². The Morgan fingerprint density at radius 1 is 1.11 bits per heavy atom. The number of nitrogens with two attached hydrogens (primary N) is 1. The van der Waals surface area contributed by atoms with Gasteiger partial charge in [0, 0.05) is 6.54 Å². The molecule has 0 aliphatic carbocycles. The summed E-state index contributed by atoms with van der Waals surface area (Å²) >= 11 is 0. The van der Waals surface area contributed by atoms with E-state index in [1.165, 1.54) is 16.7 Å². The number of nitrogens with one attached hydrogen (secondary N) is 1. The SMILES string of the molecule is Cc1ccc(C)c(CCNc2cc(C)c(N)cn2)c1. The fourth-order valence-corrected chi connectivity index (χ4v) is 2.06. The fraction of sp³-hybridized carbons (Fsp3) is 0.312. The van der Waals surface area contributed by atoms with E-state index in [0.717, 1.165) is 30.0 Å². The summed E-state index contributed by atoms with van der Waals surface area (Å²) in [5, 5.41) is 3.34. The van der Waals surface area contributed by atoms with Crippen LogP contribution in [0.2, 0.25) is 0 Å². The van der Waals surface area contributed by atoms with Crippen LogP contribution in [0.3, 0.4) is 0 Å². The molecule has 3 N–H and O–H groups in total. The number of hydrogen-bond donors (Lipinski definition) is 2. The highest BCUT2D eigenvalue weighted by atomic mass is 15.0. The van der Waals surface area contributed by atoms with E-state index in [9.17, 15) is 0 Å². The summed E-state index contributed by atoms with van der Waals surface area (Å²) in [6.07, 6.45) is 2.70. The van der Waals surface area contributed by atoms with E-state index in [2.05, 4.69) is 42.3 Å². The number of pyridine rings is 1. The normalized spacial score (nSPS) is 10.5. The van der Waals surface area contributed by atoms with Crippen LogP contribution in [0.4, 0.5) is 11.5 Å². The maximum absolute atomic E-state index is 5.75. The lowest BCUT2D eigenvalue weighted by atomic mass is 10.0. The number of nitrogens with zero attached hydrogens (tertiary/aromatic N) is 1. The smallest absolute Gasteiger partial charge is 0.126 e. The summed E-state index contributed by atoms with van der Waals surface area (Å²) in [5.41, 5.74) is 11.6. The van der Waals surface area contributed by atoms with E-state index in [-0.39, 0.29) is 0 Å². The van der Waals surface area contributed by atoms with Gasteiger partial charge in [-0.1, -0.05) is 23.8 Å². The van der Waals surface area contributed by atoms with Crippen LogP contribution in [0.15, 0.2) is 30.5 Å². The van der Waals surface area contributed by atoms with Crippen molar-refractivity contribution < 1.29 is 0 Å². The van der Waals surface area contributed by atoms with E-state index >= 15 is 0 Å². The van der Waals surface area contributed by atoms with Crippen molar-refractivity contribution in [3.05, 3.63) is 52.7 Å². The second-order valence-corrected chi connectivity index (χ2v) is 5.03. The van der Waals surface area contributed by atoms with Crippen molar-refractivity contribution in [2.75, 3.05) is 17.6 Å². The average molecular weight is 255 g/mol. The van der Waals surface area contributed by atoms with Gasteiger partial charge in [0.1, 0.15) is 5.82 Å². The minimum Gasteiger partial charge on any atom is -0.397 e. The van der Waals surface area contributed by atoms with Crippen LogP contribution in [-0.2, 0) is 6.42 Å². The zero-order chi connectivity index (χ0) is 13.8. The van der Waals surface area contributed by atoms with Gasteiger partial charge in [0.15, 0.2) is 0 Å². The van der Waals surface area contributed by atoms with Crippen LogP contribution < -0.4 is 11.1 Å². The molecule has 0 radical (unpaired) electrons. The lowest BCUT2D eigenvalue weighted by molar-refractivity contribution is 0.990. The van der Waals surface area contributed by atoms with Crippen molar-refractivity contribution in [2.24, 2.45) is 0 Å². The van der Waals surface area contributed by atoms with Gasteiger partial charge in [-0.2, -0.15) is 0 Å². The van der Waals surface area contributed by atoms with Crippen molar-refractivity contribution in [1.29, 1.82) is 0 Å². The molecular weight excluding hydrogens is 234 g/mol. The number of rotatable bonds is 4. The molecule has 100 valence electrons. The second kappa shape index (κ2) is 5.74. The Kier molecular flexibility index (Phi) is 4.05. The quantitative estimate of drug-likeness (QED) is 0.881. The molecule has 0 atom stereocenters. The first-order chi connectivity index (χ1) is 9.06. The third-order valence-electron chi connectivity index (χ3n) is 3.36. The molecule has 1 heterocycles. The Balaban J connectivity index is 1.96. The van der Waals surface area contributed by atoms with Gasteiger partial charge in [-0.25, -0.2) is 4.98 Å². The fourth-order valence-electron chi connectivity index (χ4n) is 2.06. The number of hydrogen-bond acceptors (Lipinski definition) is 3. The van der Waals surface area contributed by atoms with Crippen LogP contribution >= 0.6 is 0 Å². The third-order valence-corrected chi connectivity index (χ3v) is 3.36. The molecule has 19 heavy (non-hydrogen) atoms. The van der Waals surface area contributed by atoms with Gasteiger partial charge in [-0.3, -0.25) is 0 Å². The van der Waals surface area contributed by atoms with Gasteiger partial charge in [-0.15, -0.1) is 0 Å². The van der Waals surface area contributed by atoms with Gasteiger partial charge in [0.05, 0.1) is 11.9 Å².